The molecule has 1 aromatic heterocycles. The number of nitrogens with one attached hydrogen (secondary N) is 2. The molecule has 9 heteroatoms. The van der Waals surface area contributed by atoms with Crippen molar-refractivity contribution in [3.8, 4) is 0 Å². The average Bonchev–Trinajstić information content (AvgIpc) is 2.98. The van der Waals surface area contributed by atoms with Gasteiger partial charge in [0.1, 0.15) is 0 Å². The number of hydrogen-bond donors (Lipinski definition) is 2. The highest BCUT2D eigenvalue weighted by atomic mass is 127. The largest absolute Gasteiger partial charge is 0.383 e. The molecule has 0 bridgehead atoms. The van der Waals surface area contributed by atoms with E-state index in [-0.39, 0.29) is 24.0 Å². The van der Waals surface area contributed by atoms with Crippen LogP contribution in [0.2, 0.25) is 0 Å². The number of guanidine groups is 1. The van der Waals surface area contributed by atoms with Crippen molar-refractivity contribution in [2.24, 2.45) is 10.9 Å². The first-order chi connectivity index (χ1) is 14.0. The van der Waals surface area contributed by atoms with E-state index in [1.165, 1.54) is 11.3 Å². The Morgan fingerprint density at radius 1 is 1.23 bits per heavy atom. The Morgan fingerprint density at radius 2 is 1.93 bits per heavy atom. The zero-order valence-electron chi connectivity index (χ0n) is 19.5. The SMILES string of the molecule is CN=C(NCc1c(C)nn(CCOC)c1C)NCC(CC(C)C)N1CCOCC1.I. The van der Waals surface area contributed by atoms with Gasteiger partial charge in [-0.15, -0.1) is 24.0 Å². The van der Waals surface area contributed by atoms with Crippen LogP contribution >= 0.6 is 24.0 Å². The molecule has 8 nitrogen and oxygen atoms in total. The van der Waals surface area contributed by atoms with Crippen LogP contribution in [0.15, 0.2) is 4.99 Å². The highest BCUT2D eigenvalue weighted by Gasteiger charge is 2.22. The summed E-state index contributed by atoms with van der Waals surface area (Å²) < 4.78 is 12.7. The van der Waals surface area contributed by atoms with Gasteiger partial charge in [0.15, 0.2) is 5.96 Å². The standard InChI is InChI=1S/C21H40N6O2.HI/c1-16(2)13-19(26-7-11-29-12-8-26)14-23-21(22-5)24-15-20-17(3)25-27(18(20)4)9-10-28-6;/h16,19H,7-15H2,1-6H3,(H2,22,23,24);1H. The lowest BCUT2D eigenvalue weighted by Gasteiger charge is -2.35. The summed E-state index contributed by atoms with van der Waals surface area (Å²) in [6.45, 7) is 15.4. The van der Waals surface area contributed by atoms with Crippen LogP contribution in [0.3, 0.4) is 0 Å². The van der Waals surface area contributed by atoms with Crippen molar-refractivity contribution < 1.29 is 9.47 Å². The number of methoxy groups -OCH3 is 1. The molecule has 1 saturated heterocycles. The first kappa shape index (κ1) is 27.1. The minimum absolute atomic E-state index is 0. The smallest absolute Gasteiger partial charge is 0.191 e. The van der Waals surface area contributed by atoms with Crippen molar-refractivity contribution in [1.29, 1.82) is 0 Å². The van der Waals surface area contributed by atoms with E-state index in [4.69, 9.17) is 9.47 Å². The topological polar surface area (TPSA) is 75.9 Å². The van der Waals surface area contributed by atoms with Gasteiger partial charge in [-0.2, -0.15) is 5.10 Å². The molecule has 2 heterocycles. The molecule has 0 saturated carbocycles. The summed E-state index contributed by atoms with van der Waals surface area (Å²) in [5.41, 5.74) is 3.44. The Balaban J connectivity index is 0.00000450. The molecule has 0 amide bonds. The van der Waals surface area contributed by atoms with E-state index < -0.39 is 0 Å². The zero-order chi connectivity index (χ0) is 21.2. The molecular weight excluding hydrogens is 495 g/mol. The molecule has 1 aliphatic rings. The fourth-order valence-electron chi connectivity index (χ4n) is 3.84. The van der Waals surface area contributed by atoms with E-state index in [0.29, 0.717) is 25.1 Å². The van der Waals surface area contributed by atoms with Crippen LogP contribution in [0.25, 0.3) is 0 Å². The summed E-state index contributed by atoms with van der Waals surface area (Å²) in [6.07, 6.45) is 1.16. The second kappa shape index (κ2) is 14.2. The lowest BCUT2D eigenvalue weighted by atomic mass is 10.0. The molecule has 0 radical (unpaired) electrons. The minimum atomic E-state index is 0. The molecule has 1 fully saturated rings. The molecule has 1 aromatic rings. The van der Waals surface area contributed by atoms with Crippen molar-refractivity contribution in [2.45, 2.75) is 53.2 Å². The molecule has 1 atom stereocenters. The van der Waals surface area contributed by atoms with Crippen LogP contribution in [0.1, 0.15) is 37.2 Å². The Kier molecular flexibility index (Phi) is 12.8. The fraction of sp³-hybridized carbons (Fsp3) is 0.810. The van der Waals surface area contributed by atoms with Crippen LogP contribution in [0, 0.1) is 19.8 Å². The van der Waals surface area contributed by atoms with E-state index in [1.54, 1.807) is 7.11 Å². The second-order valence-electron chi connectivity index (χ2n) is 8.10. The molecule has 30 heavy (non-hydrogen) atoms. The summed E-state index contributed by atoms with van der Waals surface area (Å²) in [5.74, 6) is 1.48. The van der Waals surface area contributed by atoms with Gasteiger partial charge in [0.25, 0.3) is 0 Å². The lowest BCUT2D eigenvalue weighted by Crippen LogP contribution is -2.51. The molecule has 0 spiro atoms. The Bertz CT molecular complexity index is 644. The third kappa shape index (κ3) is 8.32. The van der Waals surface area contributed by atoms with Gasteiger partial charge in [-0.1, -0.05) is 13.8 Å². The van der Waals surface area contributed by atoms with Crippen molar-refractivity contribution in [3.05, 3.63) is 17.0 Å². The van der Waals surface area contributed by atoms with Gasteiger partial charge in [-0.05, 0) is 26.2 Å². The number of hydrogen-bond acceptors (Lipinski definition) is 5. The van der Waals surface area contributed by atoms with Crippen molar-refractivity contribution >= 4 is 29.9 Å². The van der Waals surface area contributed by atoms with Gasteiger partial charge in [0, 0.05) is 57.6 Å². The molecule has 0 aromatic carbocycles. The van der Waals surface area contributed by atoms with E-state index in [1.807, 2.05) is 11.7 Å². The third-order valence-electron chi connectivity index (χ3n) is 5.51. The number of aromatic nitrogens is 2. The number of nitrogens with zero attached hydrogens (tertiary/aromatic N) is 4. The van der Waals surface area contributed by atoms with Crippen molar-refractivity contribution in [1.82, 2.24) is 25.3 Å². The van der Waals surface area contributed by atoms with Crippen molar-refractivity contribution in [2.75, 3.05) is 53.6 Å². The minimum Gasteiger partial charge on any atom is -0.383 e. The average molecular weight is 537 g/mol. The normalized spacial score (nSPS) is 16.4. The first-order valence-corrected chi connectivity index (χ1v) is 10.7. The quantitative estimate of drug-likeness (QED) is 0.271. The number of aryl methyl sites for hydroxylation is 1. The van der Waals surface area contributed by atoms with Crippen molar-refractivity contribution in [3.63, 3.8) is 0 Å². The Morgan fingerprint density at radius 3 is 2.53 bits per heavy atom. The molecule has 1 unspecified atom stereocenters. The number of rotatable bonds is 10. The van der Waals surface area contributed by atoms with Gasteiger partial charge in [0.05, 0.1) is 32.1 Å². The summed E-state index contributed by atoms with van der Waals surface area (Å²) in [7, 11) is 3.54. The summed E-state index contributed by atoms with van der Waals surface area (Å²) in [4.78, 5) is 6.96. The van der Waals surface area contributed by atoms with Crippen LogP contribution in [-0.4, -0.2) is 80.3 Å². The summed E-state index contributed by atoms with van der Waals surface area (Å²) in [5, 5.41) is 11.6. The van der Waals surface area contributed by atoms with E-state index >= 15 is 0 Å². The first-order valence-electron chi connectivity index (χ1n) is 10.7. The van der Waals surface area contributed by atoms with Gasteiger partial charge in [-0.3, -0.25) is 14.6 Å². The maximum absolute atomic E-state index is 5.52. The number of morpholine rings is 1. The van der Waals surface area contributed by atoms with Gasteiger partial charge < -0.3 is 20.1 Å². The molecule has 2 N–H and O–H groups in total. The highest BCUT2D eigenvalue weighted by Crippen LogP contribution is 2.14. The van der Waals surface area contributed by atoms with E-state index in [0.717, 1.165) is 57.5 Å². The zero-order valence-corrected chi connectivity index (χ0v) is 21.9. The van der Waals surface area contributed by atoms with Crippen LogP contribution in [0.5, 0.6) is 0 Å². The number of aliphatic imine (C=N–C) groups is 1. The Labute approximate surface area is 199 Å². The van der Waals surface area contributed by atoms with E-state index in [9.17, 15) is 0 Å². The predicted octanol–water partition coefficient (Wildman–Crippen LogP) is 2.18. The van der Waals surface area contributed by atoms with Gasteiger partial charge in [0.2, 0.25) is 0 Å². The van der Waals surface area contributed by atoms with E-state index in [2.05, 4.69) is 53.3 Å². The predicted molar refractivity (Wildman–Crippen MR) is 133 cm³/mol. The molecule has 174 valence electrons. The monoisotopic (exact) mass is 536 g/mol. The maximum Gasteiger partial charge on any atom is 0.191 e. The fourth-order valence-corrected chi connectivity index (χ4v) is 3.84. The number of halogens is 1. The third-order valence-corrected chi connectivity index (χ3v) is 5.51. The number of ether oxygens (including phenoxy) is 2. The van der Waals surface area contributed by atoms with Crippen LogP contribution in [0.4, 0.5) is 0 Å². The maximum atomic E-state index is 5.52. The lowest BCUT2D eigenvalue weighted by molar-refractivity contribution is 0.0132. The molecular formula is C21H41IN6O2. The molecule has 2 rings (SSSR count). The molecule has 1 aliphatic heterocycles. The molecule has 0 aliphatic carbocycles. The Hall–Kier alpha value is -0.910. The van der Waals surface area contributed by atoms with Gasteiger partial charge in [-0.25, -0.2) is 0 Å². The second-order valence-corrected chi connectivity index (χ2v) is 8.10. The summed E-state index contributed by atoms with van der Waals surface area (Å²) in [6, 6.07) is 0.484. The van der Waals surface area contributed by atoms with Crippen LogP contribution < -0.4 is 10.6 Å². The van der Waals surface area contributed by atoms with Crippen LogP contribution in [-0.2, 0) is 22.6 Å². The highest BCUT2D eigenvalue weighted by molar-refractivity contribution is 14.0. The summed E-state index contributed by atoms with van der Waals surface area (Å²) >= 11 is 0. The van der Waals surface area contributed by atoms with Gasteiger partial charge >= 0.3 is 0 Å².